The summed E-state index contributed by atoms with van der Waals surface area (Å²) in [6.07, 6.45) is 0.222. The summed E-state index contributed by atoms with van der Waals surface area (Å²) in [5.74, 6) is 0.493. The summed E-state index contributed by atoms with van der Waals surface area (Å²) >= 11 is 0. The second-order valence-corrected chi connectivity index (χ2v) is 5.48. The van der Waals surface area contributed by atoms with Crippen molar-refractivity contribution in [2.24, 2.45) is 0 Å². The van der Waals surface area contributed by atoms with Gasteiger partial charge in [0.15, 0.2) is 0 Å². The van der Waals surface area contributed by atoms with Crippen molar-refractivity contribution in [1.82, 2.24) is 0 Å². The van der Waals surface area contributed by atoms with Crippen molar-refractivity contribution < 1.29 is 14.3 Å². The molecule has 1 N–H and O–H groups in total. The lowest BCUT2D eigenvalue weighted by atomic mass is 10.2. The maximum atomic E-state index is 12.2. The standard InChI is InChI=1S/C19H22N2O3/c1-14-6-4-5-7-18(14)20-19(23)12-13-21(15(2)22)16-8-10-17(24-3)11-9-16/h4-11H,12-13H2,1-3H3,(H,20,23). The number of nitrogens with zero attached hydrogens (tertiary/aromatic N) is 1. The van der Waals surface area contributed by atoms with Crippen LogP contribution in [0.15, 0.2) is 48.5 Å². The lowest BCUT2D eigenvalue weighted by molar-refractivity contribution is -0.117. The maximum absolute atomic E-state index is 12.2. The average Bonchev–Trinajstić information content (AvgIpc) is 2.57. The molecule has 2 rings (SSSR count). The van der Waals surface area contributed by atoms with Crippen LogP contribution in [0.25, 0.3) is 0 Å². The number of ether oxygens (including phenoxy) is 1. The number of anilines is 2. The number of methoxy groups -OCH3 is 1. The van der Waals surface area contributed by atoms with Crippen LogP contribution >= 0.6 is 0 Å². The quantitative estimate of drug-likeness (QED) is 0.885. The second kappa shape index (κ2) is 8.15. The molecule has 5 heteroatoms. The number of rotatable bonds is 6. The van der Waals surface area contributed by atoms with Gasteiger partial charge in [0.05, 0.1) is 7.11 Å². The van der Waals surface area contributed by atoms with Crippen LogP contribution in [0.4, 0.5) is 11.4 Å². The molecule has 2 aromatic rings. The number of carbonyl (C=O) groups excluding carboxylic acids is 2. The third-order valence-electron chi connectivity index (χ3n) is 3.75. The number of para-hydroxylation sites is 1. The van der Waals surface area contributed by atoms with E-state index >= 15 is 0 Å². The molecule has 0 saturated heterocycles. The zero-order valence-electron chi connectivity index (χ0n) is 14.2. The zero-order chi connectivity index (χ0) is 17.5. The molecule has 2 amide bonds. The van der Waals surface area contributed by atoms with Gasteiger partial charge in [-0.3, -0.25) is 9.59 Å². The van der Waals surface area contributed by atoms with E-state index in [1.54, 1.807) is 36.3 Å². The van der Waals surface area contributed by atoms with Crippen molar-refractivity contribution in [2.75, 3.05) is 23.9 Å². The minimum absolute atomic E-state index is 0.108. The van der Waals surface area contributed by atoms with Gasteiger partial charge in [0, 0.05) is 31.3 Å². The highest BCUT2D eigenvalue weighted by molar-refractivity contribution is 5.95. The van der Waals surface area contributed by atoms with Gasteiger partial charge < -0.3 is 15.0 Å². The van der Waals surface area contributed by atoms with Crippen LogP contribution in [-0.4, -0.2) is 25.5 Å². The molecule has 5 nitrogen and oxygen atoms in total. The van der Waals surface area contributed by atoms with Gasteiger partial charge in [-0.15, -0.1) is 0 Å². The topological polar surface area (TPSA) is 58.6 Å². The minimum atomic E-state index is -0.121. The molecule has 0 atom stereocenters. The van der Waals surface area contributed by atoms with Gasteiger partial charge in [0.1, 0.15) is 5.75 Å². The predicted octanol–water partition coefficient (Wildman–Crippen LogP) is 3.39. The Balaban J connectivity index is 1.99. The summed E-state index contributed by atoms with van der Waals surface area (Å²) in [6.45, 7) is 3.75. The van der Waals surface area contributed by atoms with Crippen molar-refractivity contribution in [2.45, 2.75) is 20.3 Å². The Labute approximate surface area is 142 Å². The van der Waals surface area contributed by atoms with E-state index in [0.717, 1.165) is 22.7 Å². The van der Waals surface area contributed by atoms with Crippen molar-refractivity contribution in [1.29, 1.82) is 0 Å². The largest absolute Gasteiger partial charge is 0.497 e. The fraction of sp³-hybridized carbons (Fsp3) is 0.263. The van der Waals surface area contributed by atoms with Gasteiger partial charge in [-0.1, -0.05) is 18.2 Å². The van der Waals surface area contributed by atoms with E-state index in [1.165, 1.54) is 6.92 Å². The van der Waals surface area contributed by atoms with Gasteiger partial charge in [-0.05, 0) is 42.8 Å². The number of benzene rings is 2. The fourth-order valence-corrected chi connectivity index (χ4v) is 2.37. The Morgan fingerprint density at radius 1 is 1.08 bits per heavy atom. The molecule has 0 spiro atoms. The van der Waals surface area contributed by atoms with Crippen LogP contribution in [-0.2, 0) is 9.59 Å². The number of hydrogen-bond donors (Lipinski definition) is 1. The lowest BCUT2D eigenvalue weighted by Gasteiger charge is -2.21. The van der Waals surface area contributed by atoms with Crippen LogP contribution in [0.1, 0.15) is 18.9 Å². The Hall–Kier alpha value is -2.82. The van der Waals surface area contributed by atoms with Gasteiger partial charge in [-0.25, -0.2) is 0 Å². The smallest absolute Gasteiger partial charge is 0.226 e. The number of carbonyl (C=O) groups is 2. The molecule has 0 aromatic heterocycles. The van der Waals surface area contributed by atoms with Crippen LogP contribution in [0.3, 0.4) is 0 Å². The molecule has 0 aliphatic carbocycles. The van der Waals surface area contributed by atoms with Crippen LogP contribution < -0.4 is 15.0 Å². The number of aryl methyl sites for hydroxylation is 1. The number of hydrogen-bond acceptors (Lipinski definition) is 3. The first-order chi connectivity index (χ1) is 11.5. The van der Waals surface area contributed by atoms with E-state index in [9.17, 15) is 9.59 Å². The molecule has 0 aliphatic rings. The summed E-state index contributed by atoms with van der Waals surface area (Å²) < 4.78 is 5.12. The molecule has 0 radical (unpaired) electrons. The highest BCUT2D eigenvalue weighted by Gasteiger charge is 2.14. The Morgan fingerprint density at radius 2 is 1.75 bits per heavy atom. The number of amides is 2. The summed E-state index contributed by atoms with van der Waals surface area (Å²) in [5.41, 5.74) is 2.54. The molecular weight excluding hydrogens is 304 g/mol. The van der Waals surface area contributed by atoms with Crippen LogP contribution in [0.2, 0.25) is 0 Å². The van der Waals surface area contributed by atoms with E-state index in [-0.39, 0.29) is 18.2 Å². The van der Waals surface area contributed by atoms with Crippen LogP contribution in [0.5, 0.6) is 5.75 Å². The van der Waals surface area contributed by atoms with Crippen LogP contribution in [0, 0.1) is 6.92 Å². The molecule has 0 heterocycles. The van der Waals surface area contributed by atoms with Gasteiger partial charge in [0.25, 0.3) is 0 Å². The molecule has 0 saturated carbocycles. The Bertz CT molecular complexity index is 711. The zero-order valence-corrected chi connectivity index (χ0v) is 14.2. The molecule has 24 heavy (non-hydrogen) atoms. The Kier molecular flexibility index (Phi) is 5.95. The van der Waals surface area contributed by atoms with Crippen molar-refractivity contribution >= 4 is 23.2 Å². The first kappa shape index (κ1) is 17.5. The SMILES string of the molecule is COc1ccc(N(CCC(=O)Nc2ccccc2C)C(C)=O)cc1. The molecule has 0 fully saturated rings. The van der Waals surface area contributed by atoms with Crippen molar-refractivity contribution in [3.8, 4) is 5.75 Å². The molecule has 0 bridgehead atoms. The van der Waals surface area contributed by atoms with Crippen molar-refractivity contribution in [3.05, 3.63) is 54.1 Å². The molecule has 0 aliphatic heterocycles. The van der Waals surface area contributed by atoms with E-state index < -0.39 is 0 Å². The highest BCUT2D eigenvalue weighted by atomic mass is 16.5. The average molecular weight is 326 g/mol. The summed E-state index contributed by atoms with van der Waals surface area (Å²) in [5, 5.41) is 2.88. The highest BCUT2D eigenvalue weighted by Crippen LogP contribution is 2.20. The number of nitrogens with one attached hydrogen (secondary N) is 1. The van der Waals surface area contributed by atoms with Gasteiger partial charge in [0.2, 0.25) is 11.8 Å². The second-order valence-electron chi connectivity index (χ2n) is 5.48. The first-order valence-electron chi connectivity index (χ1n) is 7.79. The maximum Gasteiger partial charge on any atom is 0.226 e. The fourth-order valence-electron chi connectivity index (χ4n) is 2.37. The molecule has 0 unspecified atom stereocenters. The Morgan fingerprint density at radius 3 is 2.33 bits per heavy atom. The van der Waals surface area contributed by atoms with Crippen molar-refractivity contribution in [3.63, 3.8) is 0 Å². The lowest BCUT2D eigenvalue weighted by Crippen LogP contribution is -2.31. The van der Waals surface area contributed by atoms with E-state index in [2.05, 4.69) is 5.32 Å². The molecule has 2 aromatic carbocycles. The minimum Gasteiger partial charge on any atom is -0.497 e. The molecule has 126 valence electrons. The summed E-state index contributed by atoms with van der Waals surface area (Å²) in [6, 6.07) is 14.8. The van der Waals surface area contributed by atoms with Gasteiger partial charge >= 0.3 is 0 Å². The third kappa shape index (κ3) is 4.59. The summed E-state index contributed by atoms with van der Waals surface area (Å²) in [4.78, 5) is 25.6. The monoisotopic (exact) mass is 326 g/mol. The van der Waals surface area contributed by atoms with E-state index in [1.807, 2.05) is 31.2 Å². The van der Waals surface area contributed by atoms with Gasteiger partial charge in [-0.2, -0.15) is 0 Å². The predicted molar refractivity (Wildman–Crippen MR) is 95.4 cm³/mol. The first-order valence-corrected chi connectivity index (χ1v) is 7.79. The normalized spacial score (nSPS) is 10.1. The van der Waals surface area contributed by atoms with E-state index in [4.69, 9.17) is 4.74 Å². The molecular formula is C19H22N2O3. The summed E-state index contributed by atoms with van der Waals surface area (Å²) in [7, 11) is 1.59. The van der Waals surface area contributed by atoms with E-state index in [0.29, 0.717) is 6.54 Å². The third-order valence-corrected chi connectivity index (χ3v) is 3.75.